The highest BCUT2D eigenvalue weighted by atomic mass is 32.2. The lowest BCUT2D eigenvalue weighted by Gasteiger charge is -2.18. The van der Waals surface area contributed by atoms with Gasteiger partial charge in [0.15, 0.2) is 0 Å². The maximum Gasteiger partial charge on any atom is 0.00668 e. The second kappa shape index (κ2) is 9.85. The smallest absolute Gasteiger partial charge is 0.00668 e. The molecule has 0 saturated carbocycles. The van der Waals surface area contributed by atoms with E-state index in [2.05, 4.69) is 32.3 Å². The summed E-state index contributed by atoms with van der Waals surface area (Å²) in [5.74, 6) is 0. The Hall–Kier alpha value is 0.310. The first kappa shape index (κ1) is 14.3. The minimum atomic E-state index is 0.763. The quantitative estimate of drug-likeness (QED) is 0.632. The van der Waals surface area contributed by atoms with Crippen LogP contribution in [-0.4, -0.2) is 24.1 Å². The lowest BCUT2D eigenvalue weighted by molar-refractivity contribution is 0.441. The van der Waals surface area contributed by atoms with Gasteiger partial charge < -0.3 is 5.32 Å². The molecule has 0 saturated heterocycles. The number of hydrogen-bond donors (Lipinski definition) is 1. The molecule has 0 fully saturated rings. The third-order valence-corrected chi connectivity index (χ3v) is 3.70. The van der Waals surface area contributed by atoms with Gasteiger partial charge in [0, 0.05) is 11.3 Å². The van der Waals surface area contributed by atoms with E-state index in [1.165, 1.54) is 38.6 Å². The molecule has 0 radical (unpaired) electrons. The Labute approximate surface area is 94.4 Å². The summed E-state index contributed by atoms with van der Waals surface area (Å²) >= 11 is 1.96. The maximum absolute atomic E-state index is 3.67. The van der Waals surface area contributed by atoms with Gasteiger partial charge in [-0.3, -0.25) is 0 Å². The van der Waals surface area contributed by atoms with Crippen molar-refractivity contribution in [1.29, 1.82) is 0 Å². The van der Waals surface area contributed by atoms with E-state index in [1.54, 1.807) is 0 Å². The number of nitrogens with one attached hydrogen (secondary N) is 1. The third kappa shape index (κ3) is 7.69. The zero-order valence-electron chi connectivity index (χ0n) is 10.3. The summed E-state index contributed by atoms with van der Waals surface area (Å²) in [5, 5.41) is 4.47. The molecule has 1 unspecified atom stereocenters. The fourth-order valence-electron chi connectivity index (χ4n) is 1.65. The molecule has 1 nitrogen and oxygen atoms in total. The van der Waals surface area contributed by atoms with Crippen LogP contribution in [0.3, 0.4) is 0 Å². The van der Waals surface area contributed by atoms with Gasteiger partial charge in [0.1, 0.15) is 0 Å². The van der Waals surface area contributed by atoms with E-state index in [0.29, 0.717) is 0 Å². The summed E-state index contributed by atoms with van der Waals surface area (Å²) < 4.78 is 0. The Morgan fingerprint density at radius 1 is 1.07 bits per heavy atom. The van der Waals surface area contributed by atoms with E-state index in [-0.39, 0.29) is 0 Å². The maximum atomic E-state index is 3.67. The summed E-state index contributed by atoms with van der Waals surface area (Å²) in [7, 11) is 0. The van der Waals surface area contributed by atoms with E-state index in [9.17, 15) is 0 Å². The van der Waals surface area contributed by atoms with Crippen LogP contribution in [0.2, 0.25) is 0 Å². The van der Waals surface area contributed by atoms with E-state index in [0.717, 1.165) is 11.3 Å². The number of rotatable bonds is 9. The predicted molar refractivity (Wildman–Crippen MR) is 69.2 cm³/mol. The van der Waals surface area contributed by atoms with Crippen LogP contribution in [0.1, 0.15) is 52.9 Å². The fraction of sp³-hybridized carbons (Fsp3) is 1.00. The monoisotopic (exact) mass is 217 g/mol. The zero-order chi connectivity index (χ0) is 10.8. The minimum Gasteiger partial charge on any atom is -0.314 e. The van der Waals surface area contributed by atoms with Crippen LogP contribution in [0.5, 0.6) is 0 Å². The highest BCUT2D eigenvalue weighted by Gasteiger charge is 2.06. The van der Waals surface area contributed by atoms with Crippen molar-refractivity contribution in [2.24, 2.45) is 0 Å². The fourth-order valence-corrected chi connectivity index (χ4v) is 2.01. The van der Waals surface area contributed by atoms with Gasteiger partial charge in [-0.05, 0) is 32.1 Å². The molecule has 86 valence electrons. The number of hydrogen-bond acceptors (Lipinski definition) is 2. The van der Waals surface area contributed by atoms with Crippen molar-refractivity contribution >= 4 is 11.8 Å². The molecule has 1 atom stereocenters. The zero-order valence-corrected chi connectivity index (χ0v) is 11.1. The summed E-state index contributed by atoms with van der Waals surface area (Å²) in [6.45, 7) is 8.04. The van der Waals surface area contributed by atoms with Gasteiger partial charge in [0.2, 0.25) is 0 Å². The van der Waals surface area contributed by atoms with Crippen molar-refractivity contribution in [3.63, 3.8) is 0 Å². The molecule has 0 amide bonds. The van der Waals surface area contributed by atoms with Crippen LogP contribution < -0.4 is 5.32 Å². The Morgan fingerprint density at radius 3 is 2.07 bits per heavy atom. The molecule has 0 aromatic carbocycles. The molecule has 0 bridgehead atoms. The first-order chi connectivity index (χ1) is 6.74. The van der Waals surface area contributed by atoms with E-state index in [1.807, 2.05) is 11.8 Å². The summed E-state index contributed by atoms with van der Waals surface area (Å²) in [6, 6.07) is 0.763. The standard InChI is InChI=1S/C12H27NS/c1-5-7-12(8-6-2)13-10-9-11(3)14-4/h11-13H,5-10H2,1-4H3. The van der Waals surface area contributed by atoms with Gasteiger partial charge >= 0.3 is 0 Å². The Balaban J connectivity index is 3.49. The first-order valence-electron chi connectivity index (χ1n) is 6.00. The van der Waals surface area contributed by atoms with Crippen molar-refractivity contribution in [3.05, 3.63) is 0 Å². The average Bonchev–Trinajstić information content (AvgIpc) is 2.18. The first-order valence-corrected chi connectivity index (χ1v) is 7.29. The molecule has 0 aromatic rings. The Morgan fingerprint density at radius 2 is 1.64 bits per heavy atom. The lowest BCUT2D eigenvalue weighted by atomic mass is 10.1. The topological polar surface area (TPSA) is 12.0 Å². The van der Waals surface area contributed by atoms with Gasteiger partial charge in [-0.25, -0.2) is 0 Å². The second-order valence-corrected chi connectivity index (χ2v) is 5.34. The van der Waals surface area contributed by atoms with Gasteiger partial charge in [0.05, 0.1) is 0 Å². The summed E-state index contributed by atoms with van der Waals surface area (Å²) in [6.07, 6.45) is 8.76. The van der Waals surface area contributed by atoms with Crippen LogP contribution in [0, 0.1) is 0 Å². The van der Waals surface area contributed by atoms with Crippen molar-refractivity contribution < 1.29 is 0 Å². The molecule has 0 heterocycles. The summed E-state index contributed by atoms with van der Waals surface area (Å²) in [5.41, 5.74) is 0. The van der Waals surface area contributed by atoms with Gasteiger partial charge in [-0.15, -0.1) is 0 Å². The molecule has 0 aliphatic rings. The van der Waals surface area contributed by atoms with Gasteiger partial charge in [-0.1, -0.05) is 33.6 Å². The molecule has 14 heavy (non-hydrogen) atoms. The van der Waals surface area contributed by atoms with Crippen molar-refractivity contribution in [3.8, 4) is 0 Å². The SMILES string of the molecule is CCCC(CCC)NCCC(C)SC. The molecule has 2 heteroatoms. The van der Waals surface area contributed by atoms with Crippen molar-refractivity contribution in [1.82, 2.24) is 5.32 Å². The molecule has 0 aliphatic carbocycles. The number of thioether (sulfide) groups is 1. The lowest BCUT2D eigenvalue weighted by Crippen LogP contribution is -2.30. The molecular formula is C12H27NS. The van der Waals surface area contributed by atoms with E-state index >= 15 is 0 Å². The van der Waals surface area contributed by atoms with Crippen molar-refractivity contribution in [2.75, 3.05) is 12.8 Å². The molecule has 0 spiro atoms. The van der Waals surface area contributed by atoms with Gasteiger partial charge in [0.25, 0.3) is 0 Å². The Bertz CT molecular complexity index is 111. The van der Waals surface area contributed by atoms with Crippen molar-refractivity contribution in [2.45, 2.75) is 64.2 Å². The minimum absolute atomic E-state index is 0.763. The summed E-state index contributed by atoms with van der Waals surface area (Å²) in [4.78, 5) is 0. The van der Waals surface area contributed by atoms with Crippen LogP contribution in [0.15, 0.2) is 0 Å². The van der Waals surface area contributed by atoms with Crippen LogP contribution in [0.25, 0.3) is 0 Å². The van der Waals surface area contributed by atoms with E-state index in [4.69, 9.17) is 0 Å². The average molecular weight is 217 g/mol. The highest BCUT2D eigenvalue weighted by molar-refractivity contribution is 7.99. The second-order valence-electron chi connectivity index (χ2n) is 4.06. The third-order valence-electron chi connectivity index (χ3n) is 2.66. The molecule has 1 N–H and O–H groups in total. The molecule has 0 rings (SSSR count). The largest absolute Gasteiger partial charge is 0.314 e. The predicted octanol–water partition coefficient (Wildman–Crippen LogP) is 3.69. The molecule has 0 aromatic heterocycles. The Kier molecular flexibility index (Phi) is 10.1. The highest BCUT2D eigenvalue weighted by Crippen LogP contribution is 2.09. The van der Waals surface area contributed by atoms with Gasteiger partial charge in [-0.2, -0.15) is 11.8 Å². The normalized spacial score (nSPS) is 13.5. The molecular weight excluding hydrogens is 190 g/mol. The van der Waals surface area contributed by atoms with Crippen LogP contribution >= 0.6 is 11.8 Å². The van der Waals surface area contributed by atoms with Crippen LogP contribution in [-0.2, 0) is 0 Å². The molecule has 0 aliphatic heterocycles. The van der Waals surface area contributed by atoms with Crippen LogP contribution in [0.4, 0.5) is 0 Å². The van der Waals surface area contributed by atoms with E-state index < -0.39 is 0 Å².